The molecule has 0 atom stereocenters. The molecular weight excluding hydrogens is 237 g/mol. The van der Waals surface area contributed by atoms with Crippen LogP contribution in [0.1, 0.15) is 0 Å². The van der Waals surface area contributed by atoms with Crippen LogP contribution in [0.5, 0.6) is 11.5 Å². The van der Waals surface area contributed by atoms with Crippen LogP contribution in [0, 0.1) is 0 Å². The Morgan fingerprint density at radius 3 is 2.47 bits per heavy atom. The van der Waals surface area contributed by atoms with Crippen LogP contribution in [-0.4, -0.2) is 37.3 Å². The van der Waals surface area contributed by atoms with E-state index in [1.165, 1.54) is 12.1 Å². The quantitative estimate of drug-likeness (QED) is 0.891. The van der Waals surface area contributed by atoms with Crippen LogP contribution in [0.3, 0.4) is 0 Å². The first-order chi connectivity index (χ1) is 7.00. The van der Waals surface area contributed by atoms with Gasteiger partial charge in [-0.2, -0.15) is 0 Å². The zero-order valence-electron chi connectivity index (χ0n) is 8.63. The maximum atomic E-state index is 9.50. The van der Waals surface area contributed by atoms with Gasteiger partial charge in [0.15, 0.2) is 11.5 Å². The highest BCUT2D eigenvalue weighted by atomic mass is 35.5. The van der Waals surface area contributed by atoms with Crippen LogP contribution in [0.15, 0.2) is 12.1 Å². The van der Waals surface area contributed by atoms with Gasteiger partial charge in [-0.15, -0.1) is 0 Å². The molecule has 0 aromatic heterocycles. The van der Waals surface area contributed by atoms with Crippen LogP contribution >= 0.6 is 23.2 Å². The molecule has 1 aromatic carbocycles. The number of hydrogen-bond acceptors (Lipinski definition) is 3. The molecule has 0 saturated heterocycles. The van der Waals surface area contributed by atoms with E-state index in [4.69, 9.17) is 27.9 Å². The molecule has 0 aliphatic rings. The number of aromatic hydroxyl groups is 1. The lowest BCUT2D eigenvalue weighted by atomic mass is 10.3. The van der Waals surface area contributed by atoms with E-state index in [0.717, 1.165) is 6.54 Å². The van der Waals surface area contributed by atoms with Crippen molar-refractivity contribution in [3.63, 3.8) is 0 Å². The molecule has 0 aliphatic carbocycles. The highest BCUT2D eigenvalue weighted by molar-refractivity contribution is 6.42. The fourth-order valence-electron chi connectivity index (χ4n) is 0.972. The van der Waals surface area contributed by atoms with Crippen molar-refractivity contribution in [1.82, 2.24) is 4.90 Å². The van der Waals surface area contributed by atoms with Crippen LogP contribution in [-0.2, 0) is 0 Å². The summed E-state index contributed by atoms with van der Waals surface area (Å²) in [5, 5.41) is 10.2. The van der Waals surface area contributed by atoms with Crippen molar-refractivity contribution in [1.29, 1.82) is 0 Å². The van der Waals surface area contributed by atoms with Gasteiger partial charge in [-0.1, -0.05) is 23.2 Å². The predicted molar refractivity (Wildman–Crippen MR) is 62.2 cm³/mol. The summed E-state index contributed by atoms with van der Waals surface area (Å²) in [6.45, 7) is 1.25. The Kier molecular flexibility index (Phi) is 4.51. The van der Waals surface area contributed by atoms with Crippen molar-refractivity contribution in [2.45, 2.75) is 0 Å². The van der Waals surface area contributed by atoms with Crippen LogP contribution in [0.4, 0.5) is 0 Å². The Balaban J connectivity index is 2.65. The monoisotopic (exact) mass is 249 g/mol. The summed E-state index contributed by atoms with van der Waals surface area (Å²) in [6, 6.07) is 2.88. The Bertz CT molecular complexity index is 342. The number of benzene rings is 1. The highest BCUT2D eigenvalue weighted by Gasteiger charge is 2.07. The summed E-state index contributed by atoms with van der Waals surface area (Å²) < 4.78 is 5.35. The first-order valence-corrected chi connectivity index (χ1v) is 5.22. The molecule has 0 unspecified atom stereocenters. The molecule has 84 valence electrons. The number of hydrogen-bond donors (Lipinski definition) is 1. The predicted octanol–water partition coefficient (Wildman–Crippen LogP) is 2.64. The zero-order valence-corrected chi connectivity index (χ0v) is 10.1. The minimum atomic E-state index is 0.00292. The summed E-state index contributed by atoms with van der Waals surface area (Å²) in [6.07, 6.45) is 0. The van der Waals surface area contributed by atoms with Crippen LogP contribution in [0.25, 0.3) is 0 Å². The Labute approximate surface area is 99.2 Å². The van der Waals surface area contributed by atoms with Crippen molar-refractivity contribution >= 4 is 23.2 Å². The van der Waals surface area contributed by atoms with E-state index in [1.54, 1.807) is 0 Å². The molecule has 0 heterocycles. The van der Waals surface area contributed by atoms with Gasteiger partial charge >= 0.3 is 0 Å². The van der Waals surface area contributed by atoms with Crippen molar-refractivity contribution < 1.29 is 9.84 Å². The van der Waals surface area contributed by atoms with Gasteiger partial charge in [0.1, 0.15) is 6.61 Å². The smallest absolute Gasteiger partial charge is 0.162 e. The van der Waals surface area contributed by atoms with Gasteiger partial charge in [0, 0.05) is 18.7 Å². The Morgan fingerprint density at radius 1 is 1.27 bits per heavy atom. The van der Waals surface area contributed by atoms with Gasteiger partial charge in [0.25, 0.3) is 0 Å². The third-order valence-electron chi connectivity index (χ3n) is 1.80. The fraction of sp³-hybridized carbons (Fsp3) is 0.400. The summed E-state index contributed by atoms with van der Waals surface area (Å²) in [5.41, 5.74) is 0. The third-order valence-corrected chi connectivity index (χ3v) is 2.52. The SMILES string of the molecule is CN(C)CCOc1cc(Cl)c(Cl)cc1O. The van der Waals surface area contributed by atoms with Gasteiger partial charge in [-0.25, -0.2) is 0 Å². The molecule has 15 heavy (non-hydrogen) atoms. The van der Waals surface area contributed by atoms with E-state index in [9.17, 15) is 5.11 Å². The largest absolute Gasteiger partial charge is 0.504 e. The molecule has 1 aromatic rings. The van der Waals surface area contributed by atoms with E-state index in [-0.39, 0.29) is 5.75 Å². The van der Waals surface area contributed by atoms with Gasteiger partial charge in [0.05, 0.1) is 10.0 Å². The minimum absolute atomic E-state index is 0.00292. The topological polar surface area (TPSA) is 32.7 Å². The van der Waals surface area contributed by atoms with Gasteiger partial charge < -0.3 is 14.7 Å². The molecule has 5 heteroatoms. The lowest BCUT2D eigenvalue weighted by Gasteiger charge is -2.12. The van der Waals surface area contributed by atoms with Crippen molar-refractivity contribution in [2.24, 2.45) is 0 Å². The average molecular weight is 250 g/mol. The number of halogens is 2. The van der Waals surface area contributed by atoms with E-state index < -0.39 is 0 Å². The summed E-state index contributed by atoms with van der Waals surface area (Å²) >= 11 is 11.5. The molecular formula is C10H13Cl2NO2. The molecule has 0 bridgehead atoms. The van der Waals surface area contributed by atoms with Crippen molar-refractivity contribution in [3.05, 3.63) is 22.2 Å². The van der Waals surface area contributed by atoms with Crippen LogP contribution in [0.2, 0.25) is 10.0 Å². The maximum absolute atomic E-state index is 9.50. The molecule has 1 N–H and O–H groups in total. The summed E-state index contributed by atoms with van der Waals surface area (Å²) in [5.74, 6) is 0.356. The molecule has 0 radical (unpaired) electrons. The lowest BCUT2D eigenvalue weighted by molar-refractivity contribution is 0.252. The number of nitrogens with zero attached hydrogens (tertiary/aromatic N) is 1. The lowest BCUT2D eigenvalue weighted by Crippen LogP contribution is -2.19. The summed E-state index contributed by atoms with van der Waals surface area (Å²) in [4.78, 5) is 1.98. The highest BCUT2D eigenvalue weighted by Crippen LogP contribution is 2.34. The second kappa shape index (κ2) is 5.45. The number of phenolic OH excluding ortho intramolecular Hbond substituents is 1. The van der Waals surface area contributed by atoms with Crippen LogP contribution < -0.4 is 4.74 Å². The normalized spacial score (nSPS) is 10.7. The van der Waals surface area contributed by atoms with Crippen molar-refractivity contribution in [2.75, 3.05) is 27.2 Å². The summed E-state index contributed by atoms with van der Waals surface area (Å²) in [7, 11) is 3.89. The molecule has 0 amide bonds. The third kappa shape index (κ3) is 3.78. The average Bonchev–Trinajstić information content (AvgIpc) is 2.13. The first-order valence-electron chi connectivity index (χ1n) is 4.46. The van der Waals surface area contributed by atoms with Gasteiger partial charge in [0.2, 0.25) is 0 Å². The molecule has 0 saturated carbocycles. The number of rotatable bonds is 4. The zero-order chi connectivity index (χ0) is 11.4. The van der Waals surface area contributed by atoms with E-state index in [1.807, 2.05) is 19.0 Å². The number of ether oxygens (including phenoxy) is 1. The van der Waals surface area contributed by atoms with E-state index in [2.05, 4.69) is 0 Å². The van der Waals surface area contributed by atoms with Crippen molar-refractivity contribution in [3.8, 4) is 11.5 Å². The first kappa shape index (κ1) is 12.4. The second-order valence-corrected chi connectivity index (χ2v) is 4.20. The second-order valence-electron chi connectivity index (χ2n) is 3.39. The number of likely N-dealkylation sites (N-methyl/N-ethyl adjacent to an activating group) is 1. The minimum Gasteiger partial charge on any atom is -0.504 e. The van der Waals surface area contributed by atoms with Gasteiger partial charge in [-0.05, 0) is 14.1 Å². The molecule has 3 nitrogen and oxygen atoms in total. The molecule has 1 rings (SSSR count). The maximum Gasteiger partial charge on any atom is 0.162 e. The fourth-order valence-corrected chi connectivity index (χ4v) is 1.28. The number of phenols is 1. The Morgan fingerprint density at radius 2 is 1.87 bits per heavy atom. The Hall–Kier alpha value is -0.640. The molecule has 0 fully saturated rings. The molecule has 0 aliphatic heterocycles. The van der Waals surface area contributed by atoms with Gasteiger partial charge in [-0.3, -0.25) is 0 Å². The standard InChI is InChI=1S/C10H13Cl2NO2/c1-13(2)3-4-15-10-6-8(12)7(11)5-9(10)14/h5-6,14H,3-4H2,1-2H3. The molecule has 0 spiro atoms. The van der Waals surface area contributed by atoms with E-state index in [0.29, 0.717) is 22.4 Å². The van der Waals surface area contributed by atoms with E-state index >= 15 is 0 Å².